The Morgan fingerprint density at radius 1 is 1.60 bits per heavy atom. The molecule has 0 atom stereocenters. The number of alkyl halides is 1. The van der Waals surface area contributed by atoms with Gasteiger partial charge in [0.1, 0.15) is 0 Å². The summed E-state index contributed by atoms with van der Waals surface area (Å²) in [7, 11) is 0. The van der Waals surface area contributed by atoms with Crippen LogP contribution < -0.4 is 5.56 Å². The third-order valence-electron chi connectivity index (χ3n) is 1.03. The molecule has 1 aromatic rings. The molecular formula is C6H5BrFNO. The molecule has 0 aliphatic heterocycles. The minimum absolute atomic E-state index is 0.408. The Hall–Kier alpha value is -0.640. The van der Waals surface area contributed by atoms with Gasteiger partial charge in [-0.25, -0.2) is 0 Å². The normalized spacial score (nSPS) is 9.80. The number of aromatic nitrogens is 1. The number of hydrogen-bond acceptors (Lipinski definition) is 1. The molecule has 0 amide bonds. The van der Waals surface area contributed by atoms with E-state index in [1.54, 1.807) is 0 Å². The summed E-state index contributed by atoms with van der Waals surface area (Å²) >= 11 is 3.11. The molecule has 0 bridgehead atoms. The van der Waals surface area contributed by atoms with E-state index in [0.29, 0.717) is 10.9 Å². The zero-order valence-electron chi connectivity index (χ0n) is 5.03. The van der Waals surface area contributed by atoms with Crippen LogP contribution in [-0.4, -0.2) is 4.98 Å². The third-order valence-corrected chi connectivity index (χ3v) is 1.67. The van der Waals surface area contributed by atoms with Gasteiger partial charge in [-0.2, -0.15) is 4.39 Å². The lowest BCUT2D eigenvalue weighted by Crippen LogP contribution is -2.06. The monoisotopic (exact) mass is 205 g/mol. The molecule has 1 heterocycles. The maximum absolute atomic E-state index is 12.3. The topological polar surface area (TPSA) is 32.9 Å². The molecule has 0 spiro atoms. The standard InChI is InChI=1S/C6H5BrFNO/c7-3-4-1-5(8)9-6(10)2-4/h1-2H,3H2,(H,9,10). The minimum atomic E-state index is -0.595. The van der Waals surface area contributed by atoms with Crippen molar-refractivity contribution in [2.24, 2.45) is 0 Å². The minimum Gasteiger partial charge on any atom is -0.299 e. The van der Waals surface area contributed by atoms with Gasteiger partial charge in [-0.05, 0) is 11.6 Å². The second kappa shape index (κ2) is 2.96. The predicted molar refractivity (Wildman–Crippen MR) is 39.7 cm³/mol. The molecule has 1 aromatic heterocycles. The van der Waals surface area contributed by atoms with Crippen molar-refractivity contribution in [1.29, 1.82) is 0 Å². The van der Waals surface area contributed by atoms with E-state index in [-0.39, 0.29) is 0 Å². The molecule has 1 N–H and O–H groups in total. The van der Waals surface area contributed by atoms with Gasteiger partial charge < -0.3 is 0 Å². The van der Waals surface area contributed by atoms with Gasteiger partial charge >= 0.3 is 0 Å². The quantitative estimate of drug-likeness (QED) is 0.546. The smallest absolute Gasteiger partial charge is 0.250 e. The maximum Gasteiger partial charge on any atom is 0.250 e. The first-order valence-electron chi connectivity index (χ1n) is 2.67. The lowest BCUT2D eigenvalue weighted by atomic mass is 10.3. The van der Waals surface area contributed by atoms with Crippen LogP contribution >= 0.6 is 15.9 Å². The van der Waals surface area contributed by atoms with Gasteiger partial charge in [0.05, 0.1) is 0 Å². The van der Waals surface area contributed by atoms with Crippen LogP contribution in [0.2, 0.25) is 0 Å². The summed E-state index contributed by atoms with van der Waals surface area (Å²) in [6.45, 7) is 0. The summed E-state index contributed by atoms with van der Waals surface area (Å²) < 4.78 is 12.3. The van der Waals surface area contributed by atoms with Crippen LogP contribution in [0.5, 0.6) is 0 Å². The fourth-order valence-corrected chi connectivity index (χ4v) is 0.964. The highest BCUT2D eigenvalue weighted by Gasteiger charge is 1.94. The average molecular weight is 206 g/mol. The van der Waals surface area contributed by atoms with E-state index in [0.717, 1.165) is 0 Å². The Bertz CT molecular complexity index is 283. The molecular weight excluding hydrogens is 201 g/mol. The van der Waals surface area contributed by atoms with Crippen molar-refractivity contribution < 1.29 is 4.39 Å². The van der Waals surface area contributed by atoms with Crippen LogP contribution in [-0.2, 0) is 5.33 Å². The van der Waals surface area contributed by atoms with Crippen molar-refractivity contribution in [3.8, 4) is 0 Å². The van der Waals surface area contributed by atoms with Gasteiger partial charge in [-0.15, -0.1) is 0 Å². The second-order valence-corrected chi connectivity index (χ2v) is 2.40. The molecule has 4 heteroatoms. The van der Waals surface area contributed by atoms with E-state index >= 15 is 0 Å². The molecule has 0 aromatic carbocycles. The Kier molecular flexibility index (Phi) is 2.21. The number of rotatable bonds is 1. The summed E-state index contributed by atoms with van der Waals surface area (Å²) in [5.74, 6) is -0.595. The third kappa shape index (κ3) is 1.67. The first kappa shape index (κ1) is 7.47. The molecule has 0 aliphatic rings. The van der Waals surface area contributed by atoms with Gasteiger partial charge in [-0.3, -0.25) is 9.78 Å². The Morgan fingerprint density at radius 3 is 2.80 bits per heavy atom. The van der Waals surface area contributed by atoms with Gasteiger partial charge in [0.15, 0.2) is 5.95 Å². The van der Waals surface area contributed by atoms with E-state index in [1.807, 2.05) is 4.98 Å². The van der Waals surface area contributed by atoms with Crippen molar-refractivity contribution in [2.75, 3.05) is 0 Å². The number of halogens is 2. The summed E-state index contributed by atoms with van der Waals surface area (Å²) in [5, 5.41) is 0.494. The van der Waals surface area contributed by atoms with Gasteiger partial charge in [-0.1, -0.05) is 15.9 Å². The second-order valence-electron chi connectivity index (χ2n) is 1.83. The lowest BCUT2D eigenvalue weighted by Gasteiger charge is -1.92. The van der Waals surface area contributed by atoms with E-state index in [2.05, 4.69) is 15.9 Å². The van der Waals surface area contributed by atoms with E-state index in [9.17, 15) is 9.18 Å². The number of nitrogens with one attached hydrogen (secondary N) is 1. The summed E-state index contributed by atoms with van der Waals surface area (Å²) in [4.78, 5) is 12.6. The molecule has 0 saturated carbocycles. The SMILES string of the molecule is O=c1cc(CBr)cc(F)[nH]1. The highest BCUT2D eigenvalue weighted by atomic mass is 79.9. The van der Waals surface area contributed by atoms with E-state index < -0.39 is 11.5 Å². The number of pyridine rings is 1. The van der Waals surface area contributed by atoms with E-state index in [4.69, 9.17) is 0 Å². The zero-order chi connectivity index (χ0) is 7.56. The molecule has 54 valence electrons. The van der Waals surface area contributed by atoms with Crippen LogP contribution in [0.4, 0.5) is 4.39 Å². The molecule has 2 nitrogen and oxygen atoms in total. The van der Waals surface area contributed by atoms with Crippen molar-refractivity contribution in [3.05, 3.63) is 34.0 Å². The fourth-order valence-electron chi connectivity index (χ4n) is 0.640. The van der Waals surface area contributed by atoms with Crippen LogP contribution in [0.1, 0.15) is 5.56 Å². The Morgan fingerprint density at radius 2 is 2.30 bits per heavy atom. The number of hydrogen-bond donors (Lipinski definition) is 1. The van der Waals surface area contributed by atoms with Crippen LogP contribution in [0.15, 0.2) is 16.9 Å². The molecule has 1 rings (SSSR count). The largest absolute Gasteiger partial charge is 0.299 e. The molecule has 0 aliphatic carbocycles. The average Bonchev–Trinajstić information content (AvgIpc) is 1.85. The van der Waals surface area contributed by atoms with Crippen LogP contribution in [0.3, 0.4) is 0 Å². The fraction of sp³-hybridized carbons (Fsp3) is 0.167. The Labute approximate surface area is 65.2 Å². The van der Waals surface area contributed by atoms with Crippen molar-refractivity contribution in [1.82, 2.24) is 4.98 Å². The molecule has 0 saturated heterocycles. The van der Waals surface area contributed by atoms with Crippen molar-refractivity contribution in [2.45, 2.75) is 5.33 Å². The summed E-state index contributed by atoms with van der Waals surface area (Å²) in [5.41, 5.74) is 0.232. The molecule has 0 fully saturated rings. The van der Waals surface area contributed by atoms with Gasteiger partial charge in [0.2, 0.25) is 5.56 Å². The summed E-state index contributed by atoms with van der Waals surface area (Å²) in [6, 6.07) is 2.62. The highest BCUT2D eigenvalue weighted by Crippen LogP contribution is 2.01. The van der Waals surface area contributed by atoms with Crippen LogP contribution in [0, 0.1) is 5.95 Å². The lowest BCUT2D eigenvalue weighted by molar-refractivity contribution is 0.578. The first-order valence-corrected chi connectivity index (χ1v) is 3.79. The Balaban J connectivity index is 3.19. The highest BCUT2D eigenvalue weighted by molar-refractivity contribution is 9.08. The predicted octanol–water partition coefficient (Wildman–Crippen LogP) is 1.41. The van der Waals surface area contributed by atoms with Gasteiger partial charge in [0.25, 0.3) is 0 Å². The molecule has 0 radical (unpaired) electrons. The number of H-pyrrole nitrogens is 1. The molecule has 0 unspecified atom stereocenters. The maximum atomic E-state index is 12.3. The summed E-state index contributed by atoms with van der Waals surface area (Å²) in [6.07, 6.45) is 0. The van der Waals surface area contributed by atoms with Gasteiger partial charge in [0, 0.05) is 11.4 Å². The zero-order valence-corrected chi connectivity index (χ0v) is 6.61. The van der Waals surface area contributed by atoms with Crippen LogP contribution in [0.25, 0.3) is 0 Å². The molecule has 10 heavy (non-hydrogen) atoms. The van der Waals surface area contributed by atoms with Crippen molar-refractivity contribution >= 4 is 15.9 Å². The number of aromatic amines is 1. The first-order chi connectivity index (χ1) is 4.72. The van der Waals surface area contributed by atoms with Crippen molar-refractivity contribution in [3.63, 3.8) is 0 Å². The van der Waals surface area contributed by atoms with E-state index in [1.165, 1.54) is 12.1 Å².